The first-order chi connectivity index (χ1) is 5.75. The van der Waals surface area contributed by atoms with Crippen LogP contribution in [0.1, 0.15) is 18.8 Å². The van der Waals surface area contributed by atoms with Gasteiger partial charge in [-0.1, -0.05) is 6.92 Å². The zero-order valence-corrected chi connectivity index (χ0v) is 8.47. The minimum absolute atomic E-state index is 0.516. The van der Waals surface area contributed by atoms with E-state index in [2.05, 4.69) is 21.2 Å². The SMILES string of the molecule is CCNCC(O)c1occc1Br. The third-order valence-electron chi connectivity index (χ3n) is 1.54. The summed E-state index contributed by atoms with van der Waals surface area (Å²) in [7, 11) is 0. The largest absolute Gasteiger partial charge is 0.465 e. The third kappa shape index (κ3) is 2.33. The highest BCUT2D eigenvalue weighted by atomic mass is 79.9. The normalized spacial score (nSPS) is 13.2. The molecular weight excluding hydrogens is 222 g/mol. The molecule has 0 amide bonds. The highest BCUT2D eigenvalue weighted by Gasteiger charge is 2.13. The van der Waals surface area contributed by atoms with E-state index in [0.29, 0.717) is 12.3 Å². The number of nitrogens with one attached hydrogen (secondary N) is 1. The summed E-state index contributed by atoms with van der Waals surface area (Å²) in [4.78, 5) is 0. The van der Waals surface area contributed by atoms with E-state index >= 15 is 0 Å². The molecule has 1 unspecified atom stereocenters. The maximum Gasteiger partial charge on any atom is 0.147 e. The van der Waals surface area contributed by atoms with Crippen molar-refractivity contribution in [1.82, 2.24) is 5.32 Å². The van der Waals surface area contributed by atoms with Gasteiger partial charge in [0.15, 0.2) is 0 Å². The third-order valence-corrected chi connectivity index (χ3v) is 2.19. The molecule has 3 nitrogen and oxygen atoms in total. The van der Waals surface area contributed by atoms with Crippen LogP contribution in [0.5, 0.6) is 0 Å². The van der Waals surface area contributed by atoms with Crippen LogP contribution in [0.25, 0.3) is 0 Å². The van der Waals surface area contributed by atoms with Crippen molar-refractivity contribution in [3.05, 3.63) is 22.6 Å². The van der Waals surface area contributed by atoms with Crippen LogP contribution in [0.2, 0.25) is 0 Å². The van der Waals surface area contributed by atoms with Crippen LogP contribution in [-0.2, 0) is 0 Å². The Morgan fingerprint density at radius 2 is 2.50 bits per heavy atom. The Bertz CT molecular complexity index is 237. The molecule has 2 N–H and O–H groups in total. The van der Waals surface area contributed by atoms with Crippen molar-refractivity contribution in [2.45, 2.75) is 13.0 Å². The van der Waals surface area contributed by atoms with E-state index in [1.165, 1.54) is 0 Å². The van der Waals surface area contributed by atoms with Gasteiger partial charge >= 0.3 is 0 Å². The van der Waals surface area contributed by atoms with Crippen molar-refractivity contribution in [2.24, 2.45) is 0 Å². The smallest absolute Gasteiger partial charge is 0.147 e. The molecule has 0 bridgehead atoms. The van der Waals surface area contributed by atoms with E-state index < -0.39 is 6.10 Å². The Morgan fingerprint density at radius 3 is 3.00 bits per heavy atom. The van der Waals surface area contributed by atoms with Crippen LogP contribution in [0, 0.1) is 0 Å². The molecule has 0 aliphatic carbocycles. The summed E-state index contributed by atoms with van der Waals surface area (Å²) >= 11 is 3.28. The van der Waals surface area contributed by atoms with E-state index in [-0.39, 0.29) is 0 Å². The number of likely N-dealkylation sites (N-methyl/N-ethyl adjacent to an activating group) is 1. The standard InChI is InChI=1S/C8H12BrNO2/c1-2-10-5-7(11)8-6(9)3-4-12-8/h3-4,7,10-11H,2,5H2,1H3. The molecule has 0 spiro atoms. The Kier molecular flexibility index (Phi) is 3.78. The first-order valence-electron chi connectivity index (χ1n) is 3.87. The molecule has 1 rings (SSSR count). The second-order valence-corrected chi connectivity index (χ2v) is 3.31. The molecule has 12 heavy (non-hydrogen) atoms. The highest BCUT2D eigenvalue weighted by Crippen LogP contribution is 2.23. The van der Waals surface area contributed by atoms with Crippen LogP contribution in [-0.4, -0.2) is 18.2 Å². The molecule has 1 atom stereocenters. The van der Waals surface area contributed by atoms with Crippen molar-refractivity contribution >= 4 is 15.9 Å². The predicted molar refractivity (Wildman–Crippen MR) is 49.9 cm³/mol. The summed E-state index contributed by atoms with van der Waals surface area (Å²) in [5.74, 6) is 0.580. The van der Waals surface area contributed by atoms with Gasteiger partial charge < -0.3 is 14.8 Å². The maximum atomic E-state index is 9.54. The number of rotatable bonds is 4. The molecule has 0 aliphatic rings. The zero-order valence-electron chi connectivity index (χ0n) is 6.88. The molecule has 0 aliphatic heterocycles. The Morgan fingerprint density at radius 1 is 1.75 bits per heavy atom. The van der Waals surface area contributed by atoms with Gasteiger partial charge in [0.25, 0.3) is 0 Å². The van der Waals surface area contributed by atoms with Crippen LogP contribution >= 0.6 is 15.9 Å². The minimum atomic E-state index is -0.575. The Balaban J connectivity index is 2.52. The van der Waals surface area contributed by atoms with Crippen molar-refractivity contribution in [3.63, 3.8) is 0 Å². The van der Waals surface area contributed by atoms with Crippen molar-refractivity contribution in [3.8, 4) is 0 Å². The lowest BCUT2D eigenvalue weighted by Gasteiger charge is -2.07. The van der Waals surface area contributed by atoms with Gasteiger partial charge in [0.1, 0.15) is 11.9 Å². The number of hydrogen-bond donors (Lipinski definition) is 2. The monoisotopic (exact) mass is 233 g/mol. The number of halogens is 1. The predicted octanol–water partition coefficient (Wildman–Crippen LogP) is 1.69. The molecular formula is C8H12BrNO2. The zero-order chi connectivity index (χ0) is 8.97. The molecule has 1 heterocycles. The molecule has 4 heteroatoms. The molecule has 0 aromatic carbocycles. The van der Waals surface area contributed by atoms with Crippen molar-refractivity contribution < 1.29 is 9.52 Å². The first-order valence-corrected chi connectivity index (χ1v) is 4.66. The summed E-state index contributed by atoms with van der Waals surface area (Å²) in [6, 6.07) is 1.77. The second kappa shape index (κ2) is 4.64. The van der Waals surface area contributed by atoms with Crippen molar-refractivity contribution in [1.29, 1.82) is 0 Å². The molecule has 68 valence electrons. The Hall–Kier alpha value is -0.320. The van der Waals surface area contributed by atoms with Gasteiger partial charge in [0.05, 0.1) is 10.7 Å². The number of aliphatic hydroxyl groups excluding tert-OH is 1. The Labute approximate surface area is 79.9 Å². The van der Waals surface area contributed by atoms with Crippen LogP contribution in [0.15, 0.2) is 21.2 Å². The molecule has 0 radical (unpaired) electrons. The van der Waals surface area contributed by atoms with E-state index in [0.717, 1.165) is 11.0 Å². The summed E-state index contributed by atoms with van der Waals surface area (Å²) in [5.41, 5.74) is 0. The van der Waals surface area contributed by atoms with Gasteiger partial charge in [-0.2, -0.15) is 0 Å². The van der Waals surface area contributed by atoms with Crippen LogP contribution in [0.3, 0.4) is 0 Å². The summed E-state index contributed by atoms with van der Waals surface area (Å²) in [5, 5.41) is 12.6. The molecule has 1 aromatic heterocycles. The highest BCUT2D eigenvalue weighted by molar-refractivity contribution is 9.10. The number of hydrogen-bond acceptors (Lipinski definition) is 3. The lowest BCUT2D eigenvalue weighted by Crippen LogP contribution is -2.20. The minimum Gasteiger partial charge on any atom is -0.465 e. The van der Waals surface area contributed by atoms with Crippen LogP contribution in [0.4, 0.5) is 0 Å². The van der Waals surface area contributed by atoms with Gasteiger partial charge in [-0.3, -0.25) is 0 Å². The summed E-state index contributed by atoms with van der Waals surface area (Å²) < 4.78 is 5.90. The summed E-state index contributed by atoms with van der Waals surface area (Å²) in [6.07, 6.45) is 0.975. The summed E-state index contributed by atoms with van der Waals surface area (Å²) in [6.45, 7) is 3.35. The molecule has 0 saturated carbocycles. The quantitative estimate of drug-likeness (QED) is 0.833. The topological polar surface area (TPSA) is 45.4 Å². The van der Waals surface area contributed by atoms with E-state index in [1.54, 1.807) is 12.3 Å². The average molecular weight is 234 g/mol. The average Bonchev–Trinajstić information content (AvgIpc) is 2.47. The maximum absolute atomic E-state index is 9.54. The van der Waals surface area contributed by atoms with Gasteiger partial charge in [-0.25, -0.2) is 0 Å². The molecule has 1 aromatic rings. The van der Waals surface area contributed by atoms with Crippen LogP contribution < -0.4 is 5.32 Å². The fraction of sp³-hybridized carbons (Fsp3) is 0.500. The fourth-order valence-electron chi connectivity index (χ4n) is 0.917. The van der Waals surface area contributed by atoms with Gasteiger partial charge in [-0.15, -0.1) is 0 Å². The lowest BCUT2D eigenvalue weighted by atomic mass is 10.3. The van der Waals surface area contributed by atoms with Gasteiger partial charge in [-0.05, 0) is 28.5 Å². The second-order valence-electron chi connectivity index (χ2n) is 2.46. The number of furan rings is 1. The van der Waals surface area contributed by atoms with E-state index in [1.807, 2.05) is 6.92 Å². The lowest BCUT2D eigenvalue weighted by molar-refractivity contribution is 0.147. The molecule has 0 saturated heterocycles. The van der Waals surface area contributed by atoms with E-state index in [9.17, 15) is 5.11 Å². The van der Waals surface area contributed by atoms with E-state index in [4.69, 9.17) is 4.42 Å². The van der Waals surface area contributed by atoms with Crippen molar-refractivity contribution in [2.75, 3.05) is 13.1 Å². The fourth-order valence-corrected chi connectivity index (χ4v) is 1.38. The first kappa shape index (κ1) is 9.77. The van der Waals surface area contributed by atoms with Gasteiger partial charge in [0.2, 0.25) is 0 Å². The van der Waals surface area contributed by atoms with Gasteiger partial charge in [0, 0.05) is 6.54 Å². The number of aliphatic hydroxyl groups is 1. The molecule has 0 fully saturated rings.